The normalized spacial score (nSPS) is 40.1. The number of aliphatic hydroxyl groups is 10. The number of nitrogens with one attached hydrogen (secondary N) is 2. The summed E-state index contributed by atoms with van der Waals surface area (Å²) in [5, 5.41) is 116. The van der Waals surface area contributed by atoms with E-state index >= 15 is 0 Å². The number of carbonyl (C=O) groups is 4. The number of aliphatic carboxylic acids is 1. The van der Waals surface area contributed by atoms with Crippen molar-refractivity contribution in [3.63, 3.8) is 0 Å². The number of Topliss-reactive ketones (excluding diaryl/α,β-unsaturated/α-hetero) is 1. The van der Waals surface area contributed by atoms with Gasteiger partial charge in [-0.3, -0.25) is 4.79 Å². The summed E-state index contributed by atoms with van der Waals surface area (Å²) < 4.78 is 58.0. The fourth-order valence-electron chi connectivity index (χ4n) is 11.6. The highest BCUT2D eigenvalue weighted by Crippen LogP contribution is 2.41. The van der Waals surface area contributed by atoms with E-state index in [1.807, 2.05) is 27.7 Å². The molecule has 89 heavy (non-hydrogen) atoms. The molecule has 4 heterocycles. The van der Waals surface area contributed by atoms with E-state index in [-0.39, 0.29) is 55.4 Å². The number of carbonyl (C=O) groups excluding carboxylic acids is 3. The highest BCUT2D eigenvalue weighted by Gasteiger charge is 2.53. The lowest BCUT2D eigenvalue weighted by Crippen LogP contribution is -2.66. The molecule has 2 aliphatic carbocycles. The number of carboxylic acids is 1. The van der Waals surface area contributed by atoms with Gasteiger partial charge in [0.1, 0.15) is 72.2 Å². The largest absolute Gasteiger partial charge is 0.479 e. The molecule has 6 rings (SSSR count). The number of rotatable bonds is 20. The summed E-state index contributed by atoms with van der Waals surface area (Å²) in [6, 6.07) is -2.80. The molecule has 28 atom stereocenters. The van der Waals surface area contributed by atoms with E-state index in [2.05, 4.69) is 24.5 Å². The van der Waals surface area contributed by atoms with Gasteiger partial charge in [0.15, 0.2) is 37.0 Å². The Balaban J connectivity index is 0.000000325. The molecule has 6 fully saturated rings. The van der Waals surface area contributed by atoms with Crippen LogP contribution in [0.4, 0.5) is 9.59 Å². The quantitative estimate of drug-likeness (QED) is 0.0673. The Hall–Kier alpha value is -3.16. The summed E-state index contributed by atoms with van der Waals surface area (Å²) in [5.41, 5.74) is 16.7. The first-order valence-electron chi connectivity index (χ1n) is 31.3. The van der Waals surface area contributed by atoms with Crippen LogP contribution in [0.15, 0.2) is 0 Å². The molecule has 2 unspecified atom stereocenters. The second-order valence-electron chi connectivity index (χ2n) is 26.8. The first-order valence-corrected chi connectivity index (χ1v) is 31.3. The van der Waals surface area contributed by atoms with Crippen LogP contribution in [0.2, 0.25) is 0 Å². The van der Waals surface area contributed by atoms with Crippen molar-refractivity contribution in [2.24, 2.45) is 46.8 Å². The van der Waals surface area contributed by atoms with Crippen molar-refractivity contribution in [2.45, 2.75) is 293 Å². The maximum absolute atomic E-state index is 13.1. The number of ether oxygens (including phenoxy) is 10. The van der Waals surface area contributed by atoms with Gasteiger partial charge >= 0.3 is 18.2 Å². The van der Waals surface area contributed by atoms with Crippen molar-refractivity contribution < 1.29 is 123 Å². The summed E-state index contributed by atoms with van der Waals surface area (Å²) in [7, 11) is 0. The molecule has 4 aliphatic heterocycles. The maximum Gasteiger partial charge on any atom is 0.407 e. The smallest absolute Gasteiger partial charge is 0.407 e. The van der Waals surface area contributed by atoms with E-state index < -0.39 is 183 Å². The molecule has 2 saturated carbocycles. The number of carboxylic acid groups (broad SMARTS) is 1. The minimum absolute atomic E-state index is 0.0332. The van der Waals surface area contributed by atoms with Gasteiger partial charge in [-0.2, -0.15) is 0 Å². The summed E-state index contributed by atoms with van der Waals surface area (Å²) >= 11 is 0. The van der Waals surface area contributed by atoms with E-state index in [0.717, 1.165) is 38.5 Å². The fraction of sp³-hybridized carbons (Fsp3) is 0.932. The van der Waals surface area contributed by atoms with Crippen LogP contribution in [-0.4, -0.2) is 259 Å². The average Bonchev–Trinajstić information content (AvgIpc) is 1.09. The molecule has 0 radical (unpaired) electrons. The highest BCUT2D eigenvalue weighted by molar-refractivity contribution is 5.84. The van der Waals surface area contributed by atoms with Crippen molar-refractivity contribution in [3.8, 4) is 0 Å². The van der Waals surface area contributed by atoms with Gasteiger partial charge in [-0.25, -0.2) is 14.4 Å². The van der Waals surface area contributed by atoms with Crippen molar-refractivity contribution in [1.82, 2.24) is 10.6 Å². The predicted molar refractivity (Wildman–Crippen MR) is 314 cm³/mol. The van der Waals surface area contributed by atoms with Gasteiger partial charge in [-0.1, -0.05) is 41.5 Å². The summed E-state index contributed by atoms with van der Waals surface area (Å²) in [5.74, 6) is -2.66. The minimum Gasteiger partial charge on any atom is -0.479 e. The Labute approximate surface area is 522 Å². The second-order valence-corrected chi connectivity index (χ2v) is 26.8. The molecule has 0 aromatic heterocycles. The average molecular weight is 1290 g/mol. The Morgan fingerprint density at radius 2 is 0.899 bits per heavy atom. The molecule has 19 N–H and O–H groups in total. The first-order chi connectivity index (χ1) is 41.4. The monoisotopic (exact) mass is 1290 g/mol. The molecule has 6 aliphatic rings. The van der Waals surface area contributed by atoms with Crippen LogP contribution in [0.5, 0.6) is 0 Å². The van der Waals surface area contributed by atoms with E-state index in [0.29, 0.717) is 12.8 Å². The number of alkyl carbamates (subject to hydrolysis) is 2. The zero-order valence-electron chi connectivity index (χ0n) is 53.7. The summed E-state index contributed by atoms with van der Waals surface area (Å²) in [6.45, 7) is 20.3. The van der Waals surface area contributed by atoms with Gasteiger partial charge in [0.25, 0.3) is 0 Å². The second kappa shape index (κ2) is 35.4. The first kappa shape index (κ1) is 78.3. The Kier molecular flexibility index (Phi) is 31.1. The third-order valence-electron chi connectivity index (χ3n) is 16.9. The van der Waals surface area contributed by atoms with Gasteiger partial charge in [0, 0.05) is 24.3 Å². The Morgan fingerprint density at radius 1 is 0.517 bits per heavy atom. The number of ketones is 1. The third kappa shape index (κ3) is 23.1. The van der Waals surface area contributed by atoms with Gasteiger partial charge in [-0.15, -0.1) is 0 Å². The SMILES string of the molecule is CC(C)(C)OC(=O)NC[C@H](O)C(=O)O.CC[C@@H]1CC[C@@H](C)[C@@H](OC2[C@@H](C)C[C@@H](CC(=O)[C@@H](O)CNC(=O)OC(C)(C)C)[C@H](O[C@H]3O[C@H](CO)[C@@H](O)[C@H](N)[C@H]3O)[C@H]2O)O1.CC[C@@H]1CC[C@@H](C)[C@@H](OC2[C@@H](C)C[C@@H](N)[C@H](O[C@H]3O[C@H](CO)[C@@H](O)[C@H](N)[C@H]3O)[C@H]2O)O1. The maximum atomic E-state index is 13.1. The van der Waals surface area contributed by atoms with Crippen LogP contribution in [0, 0.1) is 29.6 Å². The van der Waals surface area contributed by atoms with Gasteiger partial charge < -0.3 is 131 Å². The lowest BCUT2D eigenvalue weighted by atomic mass is 9.74. The Morgan fingerprint density at radius 3 is 1.29 bits per heavy atom. The van der Waals surface area contributed by atoms with Gasteiger partial charge in [0.05, 0.1) is 68.9 Å². The minimum atomic E-state index is -1.61. The number of aliphatic hydroxyl groups excluding tert-OH is 10. The molecule has 0 bridgehead atoms. The molecule has 520 valence electrons. The lowest BCUT2D eigenvalue weighted by Gasteiger charge is -2.48. The van der Waals surface area contributed by atoms with Crippen LogP contribution in [0.3, 0.4) is 0 Å². The van der Waals surface area contributed by atoms with E-state index in [4.69, 9.17) is 74.8 Å². The fourth-order valence-corrected chi connectivity index (χ4v) is 11.6. The van der Waals surface area contributed by atoms with Crippen molar-refractivity contribution in [1.29, 1.82) is 0 Å². The van der Waals surface area contributed by atoms with Crippen LogP contribution >= 0.6 is 0 Å². The molecule has 4 saturated heterocycles. The van der Waals surface area contributed by atoms with Crippen molar-refractivity contribution in [2.75, 3.05) is 26.3 Å². The van der Waals surface area contributed by atoms with E-state index in [1.54, 1.807) is 41.5 Å². The number of hydrogen-bond donors (Lipinski definition) is 16. The standard InChI is InChI=1S/C30H54N2O12.C21H40N2O8.C8H15NO5/c1-7-17-9-8-14(2)27(40-17)42-25-15(3)10-16(11-18(34)19(35)12-32-29(39)44-30(4,5)6)26(24(25)38)43-28-23(37)21(31)22(36)20(13-33)41-28;1-4-11-6-5-9(2)20(28-11)30-18-10(3)7-12(22)19(17(18)27)31-21-16(26)14(23)15(25)13(8-24)29-21;1-8(2,3)14-7(13)9-4-5(10)6(11)12/h14-17,19-28,33,35-38H,7-13,31H2,1-6H3,(H,32,39);9-21,24-27H,4-8,22-23H2,1-3H3;5,10H,4H2,1-3H3,(H,9,13)(H,11,12)/t14-,15+,16+,17-,19+,20-,21+,22-,23-,24+,25?,26+,27-,28-;9-,10+,11-,12-,13-,14+,15-,16-,17+,18?,19+,20-,21-;5-/m110/s1. The molecule has 0 aromatic carbocycles. The van der Waals surface area contributed by atoms with Gasteiger partial charge in [0.2, 0.25) is 0 Å². The van der Waals surface area contributed by atoms with E-state index in [1.165, 1.54) is 0 Å². The highest BCUT2D eigenvalue weighted by atomic mass is 16.7. The molecule has 30 nitrogen and oxygen atoms in total. The number of nitrogens with two attached hydrogens (primary N) is 3. The van der Waals surface area contributed by atoms with Crippen LogP contribution in [0.25, 0.3) is 0 Å². The zero-order chi connectivity index (χ0) is 67.2. The van der Waals surface area contributed by atoms with Crippen molar-refractivity contribution in [3.05, 3.63) is 0 Å². The molecule has 0 spiro atoms. The molecule has 2 amide bonds. The van der Waals surface area contributed by atoms with Crippen LogP contribution < -0.4 is 27.8 Å². The summed E-state index contributed by atoms with van der Waals surface area (Å²) in [6.07, 6.45) is -15.4. The molecule has 0 aromatic rings. The number of amides is 2. The molecular formula is C59H109N5O25. The van der Waals surface area contributed by atoms with Crippen LogP contribution in [-0.2, 0) is 57.0 Å². The molecular weight excluding hydrogens is 1180 g/mol. The van der Waals surface area contributed by atoms with Crippen molar-refractivity contribution >= 4 is 23.9 Å². The summed E-state index contributed by atoms with van der Waals surface area (Å²) in [4.78, 5) is 46.2. The third-order valence-corrected chi connectivity index (χ3v) is 16.9. The van der Waals surface area contributed by atoms with E-state index in [9.17, 15) is 65.1 Å². The topological polar surface area (TPSA) is 485 Å². The predicted octanol–water partition coefficient (Wildman–Crippen LogP) is -1.31. The van der Waals surface area contributed by atoms with Gasteiger partial charge in [-0.05, 0) is 111 Å². The number of hydrogen-bond acceptors (Lipinski definition) is 27. The zero-order valence-corrected chi connectivity index (χ0v) is 53.7. The Bertz CT molecular complexity index is 2140. The lowest BCUT2D eigenvalue weighted by molar-refractivity contribution is -0.323. The molecule has 30 heteroatoms. The van der Waals surface area contributed by atoms with Crippen LogP contribution in [0.1, 0.15) is 141 Å².